The highest BCUT2D eigenvalue weighted by molar-refractivity contribution is 5.31. The van der Waals surface area contributed by atoms with Crippen LogP contribution in [-0.2, 0) is 12.8 Å². The van der Waals surface area contributed by atoms with Crippen molar-refractivity contribution < 1.29 is 0 Å². The first-order chi connectivity index (χ1) is 14.7. The molecule has 0 saturated carbocycles. The maximum absolute atomic E-state index is 2.37. The van der Waals surface area contributed by atoms with Gasteiger partial charge in [-0.25, -0.2) is 0 Å². The first-order valence-electron chi connectivity index (χ1n) is 11.6. The standard InChI is InChI=1S/C16H19N.C11H16.C2H6/c1-3-17(2)16(14-10-6-4-7-11-14)15-12-8-5-9-13-15;1-3-6-11-8-5-7-10(4-2)9-11;1-2/h4-13,16H,3H2,1-2H3;5,7-9H,3-4,6H2,1-2H3;1-2H3. The Balaban J connectivity index is 0.000000300. The lowest BCUT2D eigenvalue weighted by molar-refractivity contribution is 0.294. The highest BCUT2D eigenvalue weighted by Crippen LogP contribution is 2.26. The molecular formula is C29H41N. The van der Waals surface area contributed by atoms with Crippen LogP contribution in [0.4, 0.5) is 0 Å². The third-order valence-electron chi connectivity index (χ3n) is 5.11. The summed E-state index contributed by atoms with van der Waals surface area (Å²) in [4.78, 5) is 2.37. The van der Waals surface area contributed by atoms with Crippen LogP contribution < -0.4 is 0 Å². The average molecular weight is 404 g/mol. The van der Waals surface area contributed by atoms with Gasteiger partial charge in [0.2, 0.25) is 0 Å². The molecule has 0 atom stereocenters. The fourth-order valence-corrected chi connectivity index (χ4v) is 3.45. The van der Waals surface area contributed by atoms with Gasteiger partial charge >= 0.3 is 0 Å². The zero-order chi connectivity index (χ0) is 22.2. The van der Waals surface area contributed by atoms with E-state index in [0.717, 1.165) is 13.0 Å². The van der Waals surface area contributed by atoms with Crippen LogP contribution in [0, 0.1) is 0 Å². The molecule has 30 heavy (non-hydrogen) atoms. The van der Waals surface area contributed by atoms with E-state index in [1.54, 1.807) is 0 Å². The highest BCUT2D eigenvalue weighted by Gasteiger charge is 2.17. The molecule has 0 aliphatic carbocycles. The number of hydrogen-bond acceptors (Lipinski definition) is 1. The fourth-order valence-electron chi connectivity index (χ4n) is 3.45. The molecule has 0 aromatic heterocycles. The molecule has 0 unspecified atom stereocenters. The first-order valence-corrected chi connectivity index (χ1v) is 11.6. The summed E-state index contributed by atoms with van der Waals surface area (Å²) in [5.74, 6) is 0. The zero-order valence-electron chi connectivity index (χ0n) is 19.9. The van der Waals surface area contributed by atoms with Gasteiger partial charge in [0.05, 0.1) is 6.04 Å². The van der Waals surface area contributed by atoms with E-state index in [1.807, 2.05) is 13.8 Å². The molecule has 0 aliphatic heterocycles. The molecule has 1 heteroatoms. The van der Waals surface area contributed by atoms with Gasteiger partial charge < -0.3 is 0 Å². The van der Waals surface area contributed by atoms with E-state index >= 15 is 0 Å². The summed E-state index contributed by atoms with van der Waals surface area (Å²) in [7, 11) is 2.17. The summed E-state index contributed by atoms with van der Waals surface area (Å²) >= 11 is 0. The van der Waals surface area contributed by atoms with E-state index in [0.29, 0.717) is 6.04 Å². The lowest BCUT2D eigenvalue weighted by atomic mass is 9.97. The van der Waals surface area contributed by atoms with Crippen molar-refractivity contribution in [3.63, 3.8) is 0 Å². The third-order valence-corrected chi connectivity index (χ3v) is 5.11. The third kappa shape index (κ3) is 8.55. The molecule has 0 aliphatic rings. The molecule has 0 fully saturated rings. The second kappa shape index (κ2) is 15.5. The maximum atomic E-state index is 2.37. The minimum atomic E-state index is 0.349. The van der Waals surface area contributed by atoms with E-state index in [9.17, 15) is 0 Å². The van der Waals surface area contributed by atoms with Crippen molar-refractivity contribution in [2.45, 2.75) is 59.9 Å². The summed E-state index contributed by atoms with van der Waals surface area (Å²) in [5, 5.41) is 0. The second-order valence-corrected chi connectivity index (χ2v) is 7.22. The highest BCUT2D eigenvalue weighted by atomic mass is 15.1. The van der Waals surface area contributed by atoms with Gasteiger partial charge in [-0.3, -0.25) is 4.90 Å². The summed E-state index contributed by atoms with van der Waals surface area (Å²) < 4.78 is 0. The normalized spacial score (nSPS) is 10.1. The van der Waals surface area contributed by atoms with Crippen molar-refractivity contribution in [1.82, 2.24) is 4.90 Å². The van der Waals surface area contributed by atoms with Crippen LogP contribution in [0.1, 0.15) is 69.3 Å². The van der Waals surface area contributed by atoms with E-state index in [2.05, 4.69) is 118 Å². The molecule has 0 spiro atoms. The van der Waals surface area contributed by atoms with Crippen molar-refractivity contribution in [2.75, 3.05) is 13.6 Å². The number of benzene rings is 3. The van der Waals surface area contributed by atoms with Crippen molar-refractivity contribution in [2.24, 2.45) is 0 Å². The largest absolute Gasteiger partial charge is 0.296 e. The van der Waals surface area contributed by atoms with Crippen LogP contribution >= 0.6 is 0 Å². The summed E-state index contributed by atoms with van der Waals surface area (Å²) in [6, 6.07) is 30.6. The molecule has 0 amide bonds. The molecule has 1 nitrogen and oxygen atoms in total. The molecule has 0 saturated heterocycles. The second-order valence-electron chi connectivity index (χ2n) is 7.22. The molecule has 3 aromatic rings. The predicted molar refractivity (Wildman–Crippen MR) is 134 cm³/mol. The molecular weight excluding hydrogens is 362 g/mol. The van der Waals surface area contributed by atoms with Gasteiger partial charge in [-0.1, -0.05) is 126 Å². The Morgan fingerprint density at radius 3 is 1.60 bits per heavy atom. The van der Waals surface area contributed by atoms with Gasteiger partial charge in [-0.15, -0.1) is 0 Å². The van der Waals surface area contributed by atoms with Crippen LogP contribution in [-0.4, -0.2) is 18.5 Å². The molecule has 0 bridgehead atoms. The fraction of sp³-hybridized carbons (Fsp3) is 0.379. The van der Waals surface area contributed by atoms with E-state index in [1.165, 1.54) is 35.1 Å². The lowest BCUT2D eigenvalue weighted by Crippen LogP contribution is -2.25. The monoisotopic (exact) mass is 403 g/mol. The minimum absolute atomic E-state index is 0.349. The van der Waals surface area contributed by atoms with Crippen LogP contribution in [0.25, 0.3) is 0 Å². The summed E-state index contributed by atoms with van der Waals surface area (Å²) in [6.07, 6.45) is 3.61. The van der Waals surface area contributed by atoms with Crippen molar-refractivity contribution in [3.05, 3.63) is 107 Å². The van der Waals surface area contributed by atoms with Gasteiger partial charge in [-0.2, -0.15) is 0 Å². The minimum Gasteiger partial charge on any atom is -0.296 e. The summed E-state index contributed by atoms with van der Waals surface area (Å²) in [5.41, 5.74) is 5.63. The number of rotatable bonds is 7. The number of nitrogens with zero attached hydrogens (tertiary/aromatic N) is 1. The van der Waals surface area contributed by atoms with Gasteiger partial charge in [-0.05, 0) is 48.7 Å². The zero-order valence-corrected chi connectivity index (χ0v) is 19.9. The molecule has 0 heterocycles. The van der Waals surface area contributed by atoms with E-state index in [4.69, 9.17) is 0 Å². The summed E-state index contributed by atoms with van der Waals surface area (Å²) in [6.45, 7) is 11.6. The smallest absolute Gasteiger partial charge is 0.0599 e. The number of hydrogen-bond donors (Lipinski definition) is 0. The van der Waals surface area contributed by atoms with Crippen LogP contribution in [0.5, 0.6) is 0 Å². The Bertz CT molecular complexity index is 740. The topological polar surface area (TPSA) is 3.24 Å². The molecule has 0 N–H and O–H groups in total. The van der Waals surface area contributed by atoms with Gasteiger partial charge in [0.15, 0.2) is 0 Å². The Labute approximate surface area is 185 Å². The van der Waals surface area contributed by atoms with Gasteiger partial charge in [0.25, 0.3) is 0 Å². The molecule has 3 rings (SSSR count). The van der Waals surface area contributed by atoms with E-state index in [-0.39, 0.29) is 0 Å². The number of aryl methyl sites for hydroxylation is 2. The average Bonchev–Trinajstić information content (AvgIpc) is 2.82. The Morgan fingerprint density at radius 1 is 0.667 bits per heavy atom. The molecule has 162 valence electrons. The Kier molecular flexibility index (Phi) is 13.2. The Morgan fingerprint density at radius 2 is 1.17 bits per heavy atom. The predicted octanol–water partition coefficient (Wildman–Crippen LogP) is 7.96. The van der Waals surface area contributed by atoms with Crippen molar-refractivity contribution >= 4 is 0 Å². The quantitative estimate of drug-likeness (QED) is 0.387. The first kappa shape index (κ1) is 25.7. The van der Waals surface area contributed by atoms with Gasteiger partial charge in [0, 0.05) is 0 Å². The molecule has 0 radical (unpaired) electrons. The van der Waals surface area contributed by atoms with Crippen LogP contribution in [0.2, 0.25) is 0 Å². The van der Waals surface area contributed by atoms with Crippen LogP contribution in [0.15, 0.2) is 84.9 Å². The van der Waals surface area contributed by atoms with Crippen molar-refractivity contribution in [3.8, 4) is 0 Å². The van der Waals surface area contributed by atoms with Crippen molar-refractivity contribution in [1.29, 1.82) is 0 Å². The lowest BCUT2D eigenvalue weighted by Gasteiger charge is -2.27. The van der Waals surface area contributed by atoms with Gasteiger partial charge in [0.1, 0.15) is 0 Å². The Hall–Kier alpha value is -2.38. The van der Waals surface area contributed by atoms with E-state index < -0.39 is 0 Å². The van der Waals surface area contributed by atoms with Crippen LogP contribution in [0.3, 0.4) is 0 Å². The maximum Gasteiger partial charge on any atom is 0.0599 e. The molecule has 3 aromatic carbocycles. The SMILES string of the molecule is CC.CCCc1cccc(CC)c1.CCN(C)C(c1ccccc1)c1ccccc1.